The molecule has 2 rings (SSSR count). The molecule has 0 aliphatic carbocycles. The summed E-state index contributed by atoms with van der Waals surface area (Å²) in [5.74, 6) is 0. The lowest BCUT2D eigenvalue weighted by atomic mass is 9.87. The zero-order valence-corrected chi connectivity index (χ0v) is 13.2. The summed E-state index contributed by atoms with van der Waals surface area (Å²) in [5, 5.41) is 3.54. The molecule has 1 aliphatic rings. The fourth-order valence-electron chi connectivity index (χ4n) is 3.33. The summed E-state index contributed by atoms with van der Waals surface area (Å²) in [4.78, 5) is 6.92. The van der Waals surface area contributed by atoms with Crippen molar-refractivity contribution < 1.29 is 0 Å². The molecule has 1 aliphatic heterocycles. The van der Waals surface area contributed by atoms with E-state index < -0.39 is 0 Å². The molecule has 2 heterocycles. The maximum atomic E-state index is 4.24. The first-order chi connectivity index (χ1) is 9.64. The highest BCUT2D eigenvalue weighted by atomic mass is 15.2. The smallest absolute Gasteiger partial charge is 0.0309 e. The zero-order chi connectivity index (χ0) is 14.4. The van der Waals surface area contributed by atoms with E-state index in [-0.39, 0.29) is 5.54 Å². The van der Waals surface area contributed by atoms with E-state index in [4.69, 9.17) is 0 Å². The number of hydrogen-bond donors (Lipinski definition) is 1. The molecule has 0 spiro atoms. The number of likely N-dealkylation sites (tertiary alicyclic amines) is 1. The minimum Gasteiger partial charge on any atom is -0.315 e. The van der Waals surface area contributed by atoms with E-state index in [9.17, 15) is 0 Å². The lowest BCUT2D eigenvalue weighted by Gasteiger charge is -2.44. The van der Waals surface area contributed by atoms with Crippen molar-refractivity contribution in [2.75, 3.05) is 20.1 Å². The van der Waals surface area contributed by atoms with E-state index in [1.165, 1.54) is 44.3 Å². The average Bonchev–Trinajstić information content (AvgIpc) is 2.75. The second kappa shape index (κ2) is 7.19. The van der Waals surface area contributed by atoms with Gasteiger partial charge in [0.2, 0.25) is 0 Å². The second-order valence-corrected chi connectivity index (χ2v) is 6.46. The van der Waals surface area contributed by atoms with E-state index in [2.05, 4.69) is 42.2 Å². The van der Waals surface area contributed by atoms with Gasteiger partial charge in [0.1, 0.15) is 0 Å². The van der Waals surface area contributed by atoms with E-state index >= 15 is 0 Å². The Morgan fingerprint density at radius 1 is 1.25 bits per heavy atom. The quantitative estimate of drug-likeness (QED) is 0.895. The van der Waals surface area contributed by atoms with Crippen LogP contribution in [0.4, 0.5) is 0 Å². The molecule has 1 aromatic rings. The van der Waals surface area contributed by atoms with Crippen LogP contribution < -0.4 is 5.32 Å². The zero-order valence-electron chi connectivity index (χ0n) is 13.2. The first kappa shape index (κ1) is 15.5. The van der Waals surface area contributed by atoms with E-state index in [0.717, 1.165) is 6.42 Å². The number of hydrogen-bond acceptors (Lipinski definition) is 3. The van der Waals surface area contributed by atoms with Gasteiger partial charge in [0.15, 0.2) is 0 Å². The molecule has 20 heavy (non-hydrogen) atoms. The van der Waals surface area contributed by atoms with Gasteiger partial charge in [-0.2, -0.15) is 0 Å². The molecule has 1 unspecified atom stereocenters. The van der Waals surface area contributed by atoms with Crippen molar-refractivity contribution >= 4 is 0 Å². The monoisotopic (exact) mass is 275 g/mol. The Morgan fingerprint density at radius 3 is 2.50 bits per heavy atom. The summed E-state index contributed by atoms with van der Waals surface area (Å²) in [5.41, 5.74) is 1.49. The predicted octanol–water partition coefficient (Wildman–Crippen LogP) is 2.87. The summed E-state index contributed by atoms with van der Waals surface area (Å²) in [6.07, 6.45) is 10.3. The van der Waals surface area contributed by atoms with Crippen molar-refractivity contribution in [1.82, 2.24) is 15.2 Å². The van der Waals surface area contributed by atoms with Crippen LogP contribution in [0.3, 0.4) is 0 Å². The Kier molecular flexibility index (Phi) is 5.55. The van der Waals surface area contributed by atoms with Crippen molar-refractivity contribution in [3.8, 4) is 0 Å². The highest BCUT2D eigenvalue weighted by Crippen LogP contribution is 2.25. The molecule has 112 valence electrons. The number of nitrogens with zero attached hydrogens (tertiary/aromatic N) is 2. The summed E-state index contributed by atoms with van der Waals surface area (Å²) < 4.78 is 0. The van der Waals surface area contributed by atoms with E-state index in [1.54, 1.807) is 0 Å². The molecule has 1 N–H and O–H groups in total. The highest BCUT2D eigenvalue weighted by Gasteiger charge is 2.34. The predicted molar refractivity (Wildman–Crippen MR) is 84.9 cm³/mol. The van der Waals surface area contributed by atoms with Gasteiger partial charge in [-0.1, -0.05) is 18.9 Å². The van der Waals surface area contributed by atoms with E-state index in [0.29, 0.717) is 6.04 Å². The normalized spacial score (nSPS) is 19.6. The minimum atomic E-state index is 0.176. The molecule has 1 aromatic heterocycles. The average molecular weight is 275 g/mol. The Morgan fingerprint density at radius 2 is 1.95 bits per heavy atom. The number of pyridine rings is 1. The van der Waals surface area contributed by atoms with Gasteiger partial charge in [-0.25, -0.2) is 0 Å². The third kappa shape index (κ3) is 3.80. The van der Waals surface area contributed by atoms with Gasteiger partial charge >= 0.3 is 0 Å². The molecular formula is C17H29N3. The van der Waals surface area contributed by atoms with Crippen LogP contribution in [-0.4, -0.2) is 41.6 Å². The summed E-state index contributed by atoms with van der Waals surface area (Å²) in [6.45, 7) is 7.24. The highest BCUT2D eigenvalue weighted by molar-refractivity contribution is 5.12. The van der Waals surface area contributed by atoms with Gasteiger partial charge in [-0.05, 0) is 64.9 Å². The third-order valence-corrected chi connectivity index (χ3v) is 4.78. The maximum absolute atomic E-state index is 4.24. The minimum absolute atomic E-state index is 0.176. The largest absolute Gasteiger partial charge is 0.315 e. The molecule has 0 bridgehead atoms. The number of aromatic nitrogens is 1. The Bertz CT molecular complexity index is 380. The summed E-state index contributed by atoms with van der Waals surface area (Å²) in [7, 11) is 2.08. The van der Waals surface area contributed by atoms with Crippen molar-refractivity contribution in [1.29, 1.82) is 0 Å². The van der Waals surface area contributed by atoms with Crippen LogP contribution in [0.25, 0.3) is 0 Å². The van der Waals surface area contributed by atoms with E-state index in [1.807, 2.05) is 18.5 Å². The molecule has 1 atom stereocenters. The lowest BCUT2D eigenvalue weighted by molar-refractivity contribution is 0.0864. The van der Waals surface area contributed by atoms with Crippen LogP contribution in [0.1, 0.15) is 45.1 Å². The van der Waals surface area contributed by atoms with Crippen LogP contribution in [-0.2, 0) is 6.42 Å². The molecule has 0 aromatic carbocycles. The van der Waals surface area contributed by atoms with Crippen molar-refractivity contribution in [3.63, 3.8) is 0 Å². The van der Waals surface area contributed by atoms with Crippen molar-refractivity contribution in [2.24, 2.45) is 0 Å². The fourth-order valence-corrected chi connectivity index (χ4v) is 3.33. The van der Waals surface area contributed by atoms with Gasteiger partial charge in [0.05, 0.1) is 0 Å². The summed E-state index contributed by atoms with van der Waals surface area (Å²) in [6, 6.07) is 4.65. The van der Waals surface area contributed by atoms with Gasteiger partial charge in [-0.3, -0.25) is 9.88 Å². The SMILES string of the molecule is CNC(Cc1cccnc1)C(C)(C)N1CCCCCC1. The summed E-state index contributed by atoms with van der Waals surface area (Å²) >= 11 is 0. The van der Waals surface area contributed by atoms with Gasteiger partial charge in [-0.15, -0.1) is 0 Å². The van der Waals surface area contributed by atoms with Crippen LogP contribution in [0, 0.1) is 0 Å². The van der Waals surface area contributed by atoms with Crippen LogP contribution in [0.5, 0.6) is 0 Å². The van der Waals surface area contributed by atoms with Gasteiger partial charge in [0.25, 0.3) is 0 Å². The third-order valence-electron chi connectivity index (χ3n) is 4.78. The Balaban J connectivity index is 2.07. The standard InChI is InChI=1S/C17H29N3/c1-17(2,20-11-6-4-5-7-12-20)16(18-3)13-15-9-8-10-19-14-15/h8-10,14,16,18H,4-7,11-13H2,1-3H3. The molecule has 3 nitrogen and oxygen atoms in total. The number of likely N-dealkylation sites (N-methyl/N-ethyl adjacent to an activating group) is 1. The first-order valence-corrected chi connectivity index (χ1v) is 7.96. The molecule has 1 saturated heterocycles. The number of nitrogens with one attached hydrogen (secondary N) is 1. The number of rotatable bonds is 5. The lowest BCUT2D eigenvalue weighted by Crippen LogP contribution is -2.58. The molecule has 0 amide bonds. The van der Waals surface area contributed by atoms with Crippen molar-refractivity contribution in [3.05, 3.63) is 30.1 Å². The molecule has 3 heteroatoms. The van der Waals surface area contributed by atoms with Gasteiger partial charge < -0.3 is 5.32 Å². The van der Waals surface area contributed by atoms with Crippen LogP contribution in [0.15, 0.2) is 24.5 Å². The van der Waals surface area contributed by atoms with Crippen LogP contribution in [0.2, 0.25) is 0 Å². The van der Waals surface area contributed by atoms with Crippen LogP contribution >= 0.6 is 0 Å². The molecule has 0 radical (unpaired) electrons. The molecular weight excluding hydrogens is 246 g/mol. The Labute approximate surface area is 123 Å². The van der Waals surface area contributed by atoms with Gasteiger partial charge in [0, 0.05) is 24.0 Å². The second-order valence-electron chi connectivity index (χ2n) is 6.46. The fraction of sp³-hybridized carbons (Fsp3) is 0.706. The maximum Gasteiger partial charge on any atom is 0.0309 e. The Hall–Kier alpha value is -0.930. The molecule has 0 saturated carbocycles. The topological polar surface area (TPSA) is 28.2 Å². The first-order valence-electron chi connectivity index (χ1n) is 7.96. The molecule has 1 fully saturated rings. The van der Waals surface area contributed by atoms with Crippen molar-refractivity contribution in [2.45, 2.75) is 57.5 Å².